The lowest BCUT2D eigenvalue weighted by Gasteiger charge is -1.97. The molecule has 0 atom stereocenters. The number of amides is 1. The van der Waals surface area contributed by atoms with Crippen LogP contribution in [0.5, 0.6) is 0 Å². The number of carbonyl (C=O) groups excluding carboxylic acids is 1. The average molecular weight is 204 g/mol. The minimum Gasteiger partial charge on any atom is -0.464 e. The summed E-state index contributed by atoms with van der Waals surface area (Å²) in [4.78, 5) is 21.7. The fraction of sp³-hybridized carbons (Fsp3) is 0.100. The van der Waals surface area contributed by atoms with E-state index in [0.29, 0.717) is 16.8 Å². The van der Waals surface area contributed by atoms with Crippen LogP contribution in [0.2, 0.25) is 0 Å². The van der Waals surface area contributed by atoms with Gasteiger partial charge in [-0.15, -0.1) is 0 Å². The van der Waals surface area contributed by atoms with Gasteiger partial charge in [0, 0.05) is 11.1 Å². The second-order valence-electron chi connectivity index (χ2n) is 3.12. The smallest absolute Gasteiger partial charge is 0.425 e. The van der Waals surface area contributed by atoms with E-state index in [0.717, 1.165) is 0 Å². The van der Waals surface area contributed by atoms with Gasteiger partial charge >= 0.3 is 6.09 Å². The first-order valence-electron chi connectivity index (χ1n) is 4.36. The van der Waals surface area contributed by atoms with Crippen LogP contribution in [0.4, 0.5) is 4.79 Å². The predicted octanol–water partition coefficient (Wildman–Crippen LogP) is 1.24. The molecule has 1 amide bonds. The molecule has 0 radical (unpaired) electrons. The number of nitrogens with one attached hydrogen (secondary N) is 1. The van der Waals surface area contributed by atoms with Crippen LogP contribution in [0.3, 0.4) is 0 Å². The van der Waals surface area contributed by atoms with Crippen LogP contribution in [0, 0.1) is 0 Å². The first kappa shape index (κ1) is 9.39. The van der Waals surface area contributed by atoms with Gasteiger partial charge in [0.2, 0.25) is 0 Å². The Morgan fingerprint density at radius 3 is 2.67 bits per heavy atom. The number of hydrazone groups is 1. The van der Waals surface area contributed by atoms with Crippen molar-refractivity contribution in [3.8, 4) is 0 Å². The van der Waals surface area contributed by atoms with E-state index in [4.69, 9.17) is 5.11 Å². The van der Waals surface area contributed by atoms with Crippen molar-refractivity contribution in [3.05, 3.63) is 35.4 Å². The highest BCUT2D eigenvalue weighted by Gasteiger charge is 2.24. The van der Waals surface area contributed by atoms with Crippen molar-refractivity contribution in [3.63, 3.8) is 0 Å². The number of hydrogen-bond donors (Lipinski definition) is 2. The summed E-state index contributed by atoms with van der Waals surface area (Å²) < 4.78 is 0. The number of ketones is 1. The summed E-state index contributed by atoms with van der Waals surface area (Å²) in [6.07, 6.45) is -1.08. The molecule has 76 valence electrons. The Morgan fingerprint density at radius 2 is 2.00 bits per heavy atom. The third-order valence-corrected chi connectivity index (χ3v) is 2.15. The topological polar surface area (TPSA) is 78.8 Å². The van der Waals surface area contributed by atoms with Crippen LogP contribution in [0.15, 0.2) is 29.4 Å². The SMILES string of the molecule is O=C(O)NN=C1CC(=O)c2ccccc21. The number of rotatable bonds is 1. The fourth-order valence-corrected chi connectivity index (χ4v) is 1.54. The minimum atomic E-state index is -1.24. The number of carbonyl (C=O) groups is 2. The fourth-order valence-electron chi connectivity index (χ4n) is 1.54. The molecule has 2 rings (SSSR count). The molecule has 0 unspecified atom stereocenters. The van der Waals surface area contributed by atoms with Crippen molar-refractivity contribution in [1.82, 2.24) is 5.43 Å². The molecular weight excluding hydrogens is 196 g/mol. The van der Waals surface area contributed by atoms with Crippen LogP contribution in [-0.4, -0.2) is 22.7 Å². The molecule has 0 aromatic heterocycles. The van der Waals surface area contributed by atoms with Crippen LogP contribution >= 0.6 is 0 Å². The molecular formula is C10H8N2O3. The van der Waals surface area contributed by atoms with Crippen LogP contribution in [-0.2, 0) is 0 Å². The summed E-state index contributed by atoms with van der Waals surface area (Å²) in [5, 5.41) is 12.0. The predicted molar refractivity (Wildman–Crippen MR) is 53.1 cm³/mol. The van der Waals surface area contributed by atoms with E-state index >= 15 is 0 Å². The molecule has 0 heterocycles. The third-order valence-electron chi connectivity index (χ3n) is 2.15. The second kappa shape index (κ2) is 3.53. The maximum absolute atomic E-state index is 11.5. The summed E-state index contributed by atoms with van der Waals surface area (Å²) in [6, 6.07) is 7.02. The number of benzene rings is 1. The molecule has 1 aliphatic carbocycles. The molecule has 1 aromatic carbocycles. The lowest BCUT2D eigenvalue weighted by atomic mass is 10.1. The van der Waals surface area contributed by atoms with Gasteiger partial charge < -0.3 is 5.11 Å². The summed E-state index contributed by atoms with van der Waals surface area (Å²) in [5.41, 5.74) is 3.68. The normalized spacial score (nSPS) is 16.5. The first-order valence-corrected chi connectivity index (χ1v) is 4.36. The zero-order chi connectivity index (χ0) is 10.8. The van der Waals surface area contributed by atoms with Crippen molar-refractivity contribution in [1.29, 1.82) is 0 Å². The summed E-state index contributed by atoms with van der Waals surface area (Å²) in [5.74, 6) is -0.0310. The van der Waals surface area contributed by atoms with Gasteiger partial charge in [0.1, 0.15) is 0 Å². The molecule has 5 nitrogen and oxygen atoms in total. The Balaban J connectivity index is 2.36. The van der Waals surface area contributed by atoms with E-state index < -0.39 is 6.09 Å². The Kier molecular flexibility index (Phi) is 2.21. The van der Waals surface area contributed by atoms with Crippen LogP contribution in [0.1, 0.15) is 22.3 Å². The van der Waals surface area contributed by atoms with Gasteiger partial charge in [-0.2, -0.15) is 5.10 Å². The molecule has 5 heteroatoms. The molecule has 0 saturated carbocycles. The van der Waals surface area contributed by atoms with E-state index in [-0.39, 0.29) is 12.2 Å². The molecule has 0 aliphatic heterocycles. The Bertz CT molecular complexity index is 465. The number of carboxylic acid groups (broad SMARTS) is 1. The van der Waals surface area contributed by atoms with E-state index in [1.807, 2.05) is 5.43 Å². The zero-order valence-electron chi connectivity index (χ0n) is 7.73. The lowest BCUT2D eigenvalue weighted by molar-refractivity contribution is 0.101. The zero-order valence-corrected chi connectivity index (χ0v) is 7.73. The standard InChI is InChI=1S/C10H8N2O3/c13-9-5-8(11-12-10(14)15)6-3-1-2-4-7(6)9/h1-4,12H,5H2,(H,14,15). The maximum Gasteiger partial charge on any atom is 0.425 e. The first-order chi connectivity index (χ1) is 7.18. The van der Waals surface area contributed by atoms with Gasteiger partial charge in [-0.3, -0.25) is 4.79 Å². The van der Waals surface area contributed by atoms with Crippen molar-refractivity contribution in [2.75, 3.05) is 0 Å². The third kappa shape index (κ3) is 1.71. The van der Waals surface area contributed by atoms with Gasteiger partial charge in [0.05, 0.1) is 12.1 Å². The monoisotopic (exact) mass is 204 g/mol. The van der Waals surface area contributed by atoms with Gasteiger partial charge in [0.25, 0.3) is 0 Å². The quantitative estimate of drug-likeness (QED) is 0.675. The second-order valence-corrected chi connectivity index (χ2v) is 3.12. The van der Waals surface area contributed by atoms with Crippen LogP contribution in [0.25, 0.3) is 0 Å². The molecule has 1 aliphatic rings. The molecule has 0 saturated heterocycles. The maximum atomic E-state index is 11.5. The van der Waals surface area contributed by atoms with Crippen molar-refractivity contribution >= 4 is 17.6 Å². The van der Waals surface area contributed by atoms with Crippen molar-refractivity contribution in [2.24, 2.45) is 5.10 Å². The van der Waals surface area contributed by atoms with Gasteiger partial charge in [0.15, 0.2) is 5.78 Å². The highest BCUT2D eigenvalue weighted by Crippen LogP contribution is 2.21. The highest BCUT2D eigenvalue weighted by atomic mass is 16.4. The van der Waals surface area contributed by atoms with Crippen LogP contribution < -0.4 is 5.43 Å². The molecule has 0 spiro atoms. The number of fused-ring (bicyclic) bond motifs is 1. The van der Waals surface area contributed by atoms with Crippen molar-refractivity contribution in [2.45, 2.75) is 6.42 Å². The summed E-state index contributed by atoms with van der Waals surface area (Å²) >= 11 is 0. The minimum absolute atomic E-state index is 0.0310. The van der Waals surface area contributed by atoms with E-state index in [9.17, 15) is 9.59 Å². The van der Waals surface area contributed by atoms with Gasteiger partial charge in [-0.25, -0.2) is 10.2 Å². The Morgan fingerprint density at radius 1 is 1.33 bits per heavy atom. The molecule has 0 fully saturated rings. The molecule has 0 bridgehead atoms. The number of nitrogens with zero attached hydrogens (tertiary/aromatic N) is 1. The van der Waals surface area contributed by atoms with E-state index in [2.05, 4.69) is 5.10 Å². The molecule has 15 heavy (non-hydrogen) atoms. The summed E-state index contributed by atoms with van der Waals surface area (Å²) in [7, 11) is 0. The number of Topliss-reactive ketones (excluding diaryl/α,β-unsaturated/α-hetero) is 1. The van der Waals surface area contributed by atoms with Crippen molar-refractivity contribution < 1.29 is 14.7 Å². The largest absolute Gasteiger partial charge is 0.464 e. The summed E-state index contributed by atoms with van der Waals surface area (Å²) in [6.45, 7) is 0. The van der Waals surface area contributed by atoms with E-state index in [1.54, 1.807) is 24.3 Å². The van der Waals surface area contributed by atoms with E-state index in [1.165, 1.54) is 0 Å². The number of hydrogen-bond acceptors (Lipinski definition) is 3. The Hall–Kier alpha value is -2.17. The van der Waals surface area contributed by atoms with Gasteiger partial charge in [-0.1, -0.05) is 24.3 Å². The molecule has 2 N–H and O–H groups in total. The highest BCUT2D eigenvalue weighted by molar-refractivity contribution is 6.26. The van der Waals surface area contributed by atoms with Gasteiger partial charge in [-0.05, 0) is 0 Å². The lowest BCUT2D eigenvalue weighted by Crippen LogP contribution is -2.16. The average Bonchev–Trinajstić information content (AvgIpc) is 2.54. The molecule has 1 aromatic rings. The Labute approximate surface area is 85.4 Å².